The van der Waals surface area contributed by atoms with E-state index in [-0.39, 0.29) is 6.61 Å². The summed E-state index contributed by atoms with van der Waals surface area (Å²) in [4.78, 5) is 3.00. The Morgan fingerprint density at radius 3 is 2.94 bits per heavy atom. The van der Waals surface area contributed by atoms with E-state index in [4.69, 9.17) is 9.52 Å². The molecule has 0 saturated heterocycles. The molecule has 0 bridgehead atoms. The molecule has 0 radical (unpaired) electrons. The van der Waals surface area contributed by atoms with E-state index in [0.717, 1.165) is 21.6 Å². The van der Waals surface area contributed by atoms with E-state index < -0.39 is 0 Å². The number of hydrogen-bond acceptors (Lipinski definition) is 6. The van der Waals surface area contributed by atoms with Crippen LogP contribution >= 0.6 is 27.3 Å². The molecule has 0 fully saturated rings. The summed E-state index contributed by atoms with van der Waals surface area (Å²) in [5.41, 5.74) is 0. The van der Waals surface area contributed by atoms with Crippen molar-refractivity contribution in [3.05, 3.63) is 21.8 Å². The van der Waals surface area contributed by atoms with Crippen molar-refractivity contribution in [2.24, 2.45) is 0 Å². The van der Waals surface area contributed by atoms with Crippen LogP contribution in [0.4, 0.5) is 0 Å². The van der Waals surface area contributed by atoms with E-state index in [2.05, 4.69) is 26.1 Å². The van der Waals surface area contributed by atoms with Gasteiger partial charge in [0.15, 0.2) is 0 Å². The second-order valence-corrected chi connectivity index (χ2v) is 6.38. The zero-order valence-corrected chi connectivity index (χ0v) is 12.4. The van der Waals surface area contributed by atoms with Gasteiger partial charge in [0.25, 0.3) is 5.89 Å². The van der Waals surface area contributed by atoms with Crippen molar-refractivity contribution < 1.29 is 9.52 Å². The molecule has 0 atom stereocenters. The summed E-state index contributed by atoms with van der Waals surface area (Å²) in [5, 5.41) is 16.8. The van der Waals surface area contributed by atoms with Gasteiger partial charge in [-0.2, -0.15) is 0 Å². The van der Waals surface area contributed by atoms with Crippen molar-refractivity contribution in [3.8, 4) is 10.8 Å². The van der Waals surface area contributed by atoms with Crippen LogP contribution in [-0.2, 0) is 6.54 Å². The molecule has 2 rings (SSSR count). The topological polar surface area (TPSA) is 62.4 Å². The molecule has 2 aromatic rings. The van der Waals surface area contributed by atoms with Gasteiger partial charge in [0, 0.05) is 13.2 Å². The third-order valence-electron chi connectivity index (χ3n) is 2.35. The molecule has 0 aliphatic heterocycles. The number of thiophene rings is 1. The lowest BCUT2D eigenvalue weighted by Gasteiger charge is -2.12. The van der Waals surface area contributed by atoms with E-state index in [0.29, 0.717) is 18.3 Å². The standard InChI is InChI=1S/C11H14BrN3O2S/c1-15(5-2-6-16)7-10-13-14-11(17-10)8-3-4-9(12)18-8/h3-4,16H,2,5-7H2,1H3. The summed E-state index contributed by atoms with van der Waals surface area (Å²) < 4.78 is 6.64. The second-order valence-electron chi connectivity index (χ2n) is 3.92. The fourth-order valence-electron chi connectivity index (χ4n) is 1.50. The Bertz CT molecular complexity index is 500. The summed E-state index contributed by atoms with van der Waals surface area (Å²) in [6.45, 7) is 1.60. The highest BCUT2D eigenvalue weighted by Crippen LogP contribution is 2.30. The number of aromatic nitrogens is 2. The average molecular weight is 332 g/mol. The second kappa shape index (κ2) is 6.42. The van der Waals surface area contributed by atoms with Crippen molar-refractivity contribution >= 4 is 27.3 Å². The van der Waals surface area contributed by atoms with Gasteiger partial charge in [-0.25, -0.2) is 0 Å². The number of hydrogen-bond donors (Lipinski definition) is 1. The fourth-order valence-corrected chi connectivity index (χ4v) is 2.80. The van der Waals surface area contributed by atoms with Crippen LogP contribution in [0.2, 0.25) is 0 Å². The van der Waals surface area contributed by atoms with E-state index in [1.165, 1.54) is 0 Å². The normalized spacial score (nSPS) is 11.3. The van der Waals surface area contributed by atoms with E-state index >= 15 is 0 Å². The highest BCUT2D eigenvalue weighted by Gasteiger charge is 2.11. The molecule has 7 heteroatoms. The predicted molar refractivity (Wildman–Crippen MR) is 73.3 cm³/mol. The van der Waals surface area contributed by atoms with Crippen molar-refractivity contribution in [1.82, 2.24) is 15.1 Å². The lowest BCUT2D eigenvalue weighted by atomic mass is 10.4. The Morgan fingerprint density at radius 1 is 1.44 bits per heavy atom. The first-order valence-corrected chi connectivity index (χ1v) is 7.17. The lowest BCUT2D eigenvalue weighted by molar-refractivity contribution is 0.233. The minimum absolute atomic E-state index is 0.197. The van der Waals surface area contributed by atoms with Gasteiger partial charge < -0.3 is 9.52 Å². The van der Waals surface area contributed by atoms with Gasteiger partial charge >= 0.3 is 0 Å². The van der Waals surface area contributed by atoms with Crippen LogP contribution in [0.3, 0.4) is 0 Å². The highest BCUT2D eigenvalue weighted by molar-refractivity contribution is 9.11. The summed E-state index contributed by atoms with van der Waals surface area (Å²) in [5.74, 6) is 1.14. The van der Waals surface area contributed by atoms with Crippen molar-refractivity contribution in [3.63, 3.8) is 0 Å². The molecule has 98 valence electrons. The zero-order chi connectivity index (χ0) is 13.0. The Labute approximate surface area is 118 Å². The molecule has 0 spiro atoms. The van der Waals surface area contributed by atoms with E-state index in [1.54, 1.807) is 11.3 Å². The molecule has 5 nitrogen and oxygen atoms in total. The third kappa shape index (κ3) is 3.61. The van der Waals surface area contributed by atoms with Crippen molar-refractivity contribution in [2.45, 2.75) is 13.0 Å². The molecule has 1 N–H and O–H groups in total. The summed E-state index contributed by atoms with van der Waals surface area (Å²) >= 11 is 4.96. The Hall–Kier alpha value is -0.760. The van der Waals surface area contributed by atoms with Crippen molar-refractivity contribution in [1.29, 1.82) is 0 Å². The number of rotatable bonds is 6. The zero-order valence-electron chi connectivity index (χ0n) is 9.97. The fraction of sp³-hybridized carbons (Fsp3) is 0.455. The van der Waals surface area contributed by atoms with Gasteiger partial charge in [0.05, 0.1) is 15.2 Å². The summed E-state index contributed by atoms with van der Waals surface area (Å²) in [7, 11) is 1.96. The molecular formula is C11H14BrN3O2S. The first-order chi connectivity index (χ1) is 8.69. The van der Waals surface area contributed by atoms with E-state index in [9.17, 15) is 0 Å². The molecule has 2 heterocycles. The van der Waals surface area contributed by atoms with Crippen molar-refractivity contribution in [2.75, 3.05) is 20.2 Å². The largest absolute Gasteiger partial charge is 0.419 e. The Morgan fingerprint density at radius 2 is 2.28 bits per heavy atom. The van der Waals surface area contributed by atoms with Crippen LogP contribution in [0.15, 0.2) is 20.3 Å². The number of nitrogens with zero attached hydrogens (tertiary/aromatic N) is 3. The van der Waals surface area contributed by atoms with Gasteiger partial charge in [0.1, 0.15) is 0 Å². The first-order valence-electron chi connectivity index (χ1n) is 5.56. The van der Waals surface area contributed by atoms with Gasteiger partial charge in [-0.3, -0.25) is 4.90 Å². The van der Waals surface area contributed by atoms with Crippen LogP contribution in [-0.4, -0.2) is 40.4 Å². The highest BCUT2D eigenvalue weighted by atomic mass is 79.9. The maximum atomic E-state index is 8.76. The van der Waals surface area contributed by atoms with Crippen LogP contribution in [0.25, 0.3) is 10.8 Å². The molecule has 0 unspecified atom stereocenters. The molecule has 18 heavy (non-hydrogen) atoms. The van der Waals surface area contributed by atoms with Crippen LogP contribution in [0.1, 0.15) is 12.3 Å². The quantitative estimate of drug-likeness (QED) is 0.880. The SMILES string of the molecule is CN(CCCO)Cc1nnc(-c2ccc(Br)s2)o1. The molecule has 0 saturated carbocycles. The minimum atomic E-state index is 0.197. The Balaban J connectivity index is 1.98. The van der Waals surface area contributed by atoms with Gasteiger partial charge in [0.2, 0.25) is 5.89 Å². The third-order valence-corrected chi connectivity index (χ3v) is 3.97. The van der Waals surface area contributed by atoms with Crippen LogP contribution in [0, 0.1) is 0 Å². The number of aliphatic hydroxyl groups excluding tert-OH is 1. The van der Waals surface area contributed by atoms with Crippen LogP contribution in [0.5, 0.6) is 0 Å². The smallest absolute Gasteiger partial charge is 0.257 e. The number of aliphatic hydroxyl groups is 1. The van der Waals surface area contributed by atoms with Gasteiger partial charge in [-0.05, 0) is 41.5 Å². The molecule has 0 aliphatic rings. The Kier molecular flexibility index (Phi) is 4.87. The molecule has 0 aromatic carbocycles. The van der Waals surface area contributed by atoms with Gasteiger partial charge in [-0.15, -0.1) is 21.5 Å². The van der Waals surface area contributed by atoms with E-state index in [1.807, 2.05) is 24.1 Å². The summed E-state index contributed by atoms with van der Waals surface area (Å²) in [6, 6.07) is 3.90. The first kappa shape index (κ1) is 13.7. The molecular weight excluding hydrogens is 318 g/mol. The lowest BCUT2D eigenvalue weighted by Crippen LogP contribution is -2.20. The average Bonchev–Trinajstić information content (AvgIpc) is 2.95. The number of halogens is 1. The monoisotopic (exact) mass is 331 g/mol. The minimum Gasteiger partial charge on any atom is -0.419 e. The molecule has 0 amide bonds. The molecule has 0 aliphatic carbocycles. The summed E-state index contributed by atoms with van der Waals surface area (Å²) in [6.07, 6.45) is 0.745. The predicted octanol–water partition coefficient (Wildman–Crippen LogP) is 2.37. The molecule has 2 aromatic heterocycles. The maximum Gasteiger partial charge on any atom is 0.257 e. The van der Waals surface area contributed by atoms with Crippen LogP contribution < -0.4 is 0 Å². The maximum absolute atomic E-state index is 8.76. The van der Waals surface area contributed by atoms with Gasteiger partial charge in [-0.1, -0.05) is 0 Å².